The lowest BCUT2D eigenvalue weighted by Crippen LogP contribution is -2.40. The summed E-state index contributed by atoms with van der Waals surface area (Å²) in [6, 6.07) is 0.331. The topological polar surface area (TPSA) is 37.4 Å². The fraction of sp³-hybridized carbons (Fsp3) is 1.00. The van der Waals surface area contributed by atoms with Gasteiger partial charge in [0.2, 0.25) is 10.0 Å². The van der Waals surface area contributed by atoms with E-state index >= 15 is 0 Å². The van der Waals surface area contributed by atoms with Gasteiger partial charge in [0.1, 0.15) is 0 Å². The van der Waals surface area contributed by atoms with Gasteiger partial charge in [-0.2, -0.15) is 4.31 Å². The first kappa shape index (κ1) is 11.4. The van der Waals surface area contributed by atoms with E-state index in [2.05, 4.69) is 0 Å². The van der Waals surface area contributed by atoms with Crippen LogP contribution in [0.15, 0.2) is 0 Å². The number of sulfonamides is 1. The molecule has 2 fully saturated rings. The number of hydrogen-bond acceptors (Lipinski definition) is 2. The summed E-state index contributed by atoms with van der Waals surface area (Å²) in [5.41, 5.74) is 0. The Morgan fingerprint density at radius 3 is 2.40 bits per heavy atom. The van der Waals surface area contributed by atoms with E-state index in [4.69, 9.17) is 0 Å². The molecule has 4 heteroatoms. The Kier molecular flexibility index (Phi) is 3.36. The van der Waals surface area contributed by atoms with Crippen molar-refractivity contribution in [2.45, 2.75) is 51.5 Å². The van der Waals surface area contributed by atoms with Crippen LogP contribution < -0.4 is 0 Å². The second kappa shape index (κ2) is 4.42. The summed E-state index contributed by atoms with van der Waals surface area (Å²) >= 11 is 0. The van der Waals surface area contributed by atoms with Crippen LogP contribution >= 0.6 is 0 Å². The fourth-order valence-electron chi connectivity index (χ4n) is 3.09. The Balaban J connectivity index is 2.11. The summed E-state index contributed by atoms with van der Waals surface area (Å²) in [5.74, 6) is 0.907. The molecular formula is C11H21NO2S. The monoisotopic (exact) mass is 231 g/mol. The van der Waals surface area contributed by atoms with Crippen molar-refractivity contribution in [1.29, 1.82) is 0 Å². The molecule has 0 N–H and O–H groups in total. The van der Waals surface area contributed by atoms with Crippen LogP contribution in [-0.2, 0) is 10.0 Å². The molecule has 15 heavy (non-hydrogen) atoms. The molecule has 3 nitrogen and oxygen atoms in total. The molecule has 0 radical (unpaired) electrons. The summed E-state index contributed by atoms with van der Waals surface area (Å²) in [7, 11) is -2.95. The average molecular weight is 231 g/mol. The Labute approximate surface area is 92.9 Å². The molecule has 0 aromatic carbocycles. The summed E-state index contributed by atoms with van der Waals surface area (Å²) in [4.78, 5) is 0. The van der Waals surface area contributed by atoms with Gasteiger partial charge in [-0.05, 0) is 38.5 Å². The van der Waals surface area contributed by atoms with Crippen molar-refractivity contribution in [3.8, 4) is 0 Å². The zero-order valence-electron chi connectivity index (χ0n) is 9.48. The van der Waals surface area contributed by atoms with Gasteiger partial charge in [-0.1, -0.05) is 12.8 Å². The SMILES string of the molecule is CCS(=O)(=O)N1CCCC1C1CCCC1. The van der Waals surface area contributed by atoms with Gasteiger partial charge >= 0.3 is 0 Å². The molecule has 1 unspecified atom stereocenters. The van der Waals surface area contributed by atoms with Gasteiger partial charge in [0.25, 0.3) is 0 Å². The summed E-state index contributed by atoms with van der Waals surface area (Å²) in [6.45, 7) is 2.51. The maximum absolute atomic E-state index is 11.9. The third kappa shape index (κ3) is 2.21. The van der Waals surface area contributed by atoms with Gasteiger partial charge < -0.3 is 0 Å². The van der Waals surface area contributed by atoms with Gasteiger partial charge in [-0.15, -0.1) is 0 Å². The molecule has 0 amide bonds. The zero-order chi connectivity index (χ0) is 10.9. The maximum Gasteiger partial charge on any atom is 0.214 e. The van der Waals surface area contributed by atoms with E-state index in [0.29, 0.717) is 12.0 Å². The molecular weight excluding hydrogens is 210 g/mol. The number of hydrogen-bond donors (Lipinski definition) is 0. The molecule has 0 aromatic heterocycles. The molecule has 2 aliphatic rings. The molecule has 1 aliphatic heterocycles. The van der Waals surface area contributed by atoms with Crippen molar-refractivity contribution < 1.29 is 8.42 Å². The largest absolute Gasteiger partial charge is 0.214 e. The van der Waals surface area contributed by atoms with Crippen LogP contribution in [0.1, 0.15) is 45.4 Å². The van der Waals surface area contributed by atoms with Gasteiger partial charge in [0, 0.05) is 12.6 Å². The van der Waals surface area contributed by atoms with Crippen molar-refractivity contribution in [2.24, 2.45) is 5.92 Å². The van der Waals surface area contributed by atoms with Gasteiger partial charge in [0.15, 0.2) is 0 Å². The first-order valence-electron chi connectivity index (χ1n) is 6.14. The smallest absolute Gasteiger partial charge is 0.212 e. The third-order valence-corrected chi connectivity index (χ3v) is 5.81. The molecule has 88 valence electrons. The van der Waals surface area contributed by atoms with E-state index in [1.807, 2.05) is 0 Å². The Bertz CT molecular complexity index is 307. The molecule has 1 heterocycles. The highest BCUT2D eigenvalue weighted by Crippen LogP contribution is 2.36. The van der Waals surface area contributed by atoms with Gasteiger partial charge in [-0.3, -0.25) is 0 Å². The molecule has 0 aromatic rings. The molecule has 2 rings (SSSR count). The van der Waals surface area contributed by atoms with Gasteiger partial charge in [-0.25, -0.2) is 8.42 Å². The van der Waals surface area contributed by atoms with Crippen LogP contribution in [0.4, 0.5) is 0 Å². The minimum Gasteiger partial charge on any atom is -0.212 e. The highest BCUT2D eigenvalue weighted by Gasteiger charge is 2.38. The van der Waals surface area contributed by atoms with Crippen molar-refractivity contribution >= 4 is 10.0 Å². The fourth-order valence-corrected chi connectivity index (χ4v) is 4.52. The summed E-state index contributed by atoms with van der Waals surface area (Å²) in [6.07, 6.45) is 7.20. The van der Waals surface area contributed by atoms with Crippen molar-refractivity contribution in [2.75, 3.05) is 12.3 Å². The molecule has 1 saturated carbocycles. The molecule has 1 saturated heterocycles. The lowest BCUT2D eigenvalue weighted by atomic mass is 9.97. The van der Waals surface area contributed by atoms with E-state index in [1.165, 1.54) is 25.7 Å². The minimum absolute atomic E-state index is 0.260. The van der Waals surface area contributed by atoms with Crippen LogP contribution in [-0.4, -0.2) is 31.1 Å². The van der Waals surface area contributed by atoms with Crippen LogP contribution in [0.25, 0.3) is 0 Å². The molecule has 0 bridgehead atoms. The normalized spacial score (nSPS) is 30.1. The maximum atomic E-state index is 11.9. The highest BCUT2D eigenvalue weighted by atomic mass is 32.2. The highest BCUT2D eigenvalue weighted by molar-refractivity contribution is 7.89. The van der Waals surface area contributed by atoms with E-state index < -0.39 is 10.0 Å². The van der Waals surface area contributed by atoms with E-state index in [0.717, 1.165) is 19.4 Å². The number of rotatable bonds is 3. The van der Waals surface area contributed by atoms with Crippen molar-refractivity contribution in [1.82, 2.24) is 4.31 Å². The average Bonchev–Trinajstić information content (AvgIpc) is 2.87. The van der Waals surface area contributed by atoms with Crippen LogP contribution in [0, 0.1) is 5.92 Å². The number of nitrogens with zero attached hydrogens (tertiary/aromatic N) is 1. The second-order valence-electron chi connectivity index (χ2n) is 4.77. The lowest BCUT2D eigenvalue weighted by molar-refractivity contribution is 0.288. The Morgan fingerprint density at radius 1 is 1.13 bits per heavy atom. The first-order chi connectivity index (χ1) is 7.15. The van der Waals surface area contributed by atoms with Crippen LogP contribution in [0.5, 0.6) is 0 Å². The van der Waals surface area contributed by atoms with Crippen LogP contribution in [0.3, 0.4) is 0 Å². The van der Waals surface area contributed by atoms with Crippen molar-refractivity contribution in [3.05, 3.63) is 0 Å². The standard InChI is InChI=1S/C11H21NO2S/c1-2-15(13,14)12-9-5-8-11(12)10-6-3-4-7-10/h10-11H,2-9H2,1H3. The molecule has 1 aliphatic carbocycles. The second-order valence-corrected chi connectivity index (χ2v) is 6.98. The predicted molar refractivity (Wildman–Crippen MR) is 61.1 cm³/mol. The van der Waals surface area contributed by atoms with Crippen molar-refractivity contribution in [3.63, 3.8) is 0 Å². The quantitative estimate of drug-likeness (QED) is 0.745. The summed E-state index contributed by atoms with van der Waals surface area (Å²) < 4.78 is 25.6. The Hall–Kier alpha value is -0.0900. The zero-order valence-corrected chi connectivity index (χ0v) is 10.3. The van der Waals surface area contributed by atoms with Gasteiger partial charge in [0.05, 0.1) is 5.75 Å². The molecule has 0 spiro atoms. The first-order valence-corrected chi connectivity index (χ1v) is 7.75. The van der Waals surface area contributed by atoms with E-state index in [-0.39, 0.29) is 5.75 Å². The minimum atomic E-state index is -2.95. The Morgan fingerprint density at radius 2 is 1.80 bits per heavy atom. The third-order valence-electron chi connectivity index (χ3n) is 3.91. The van der Waals surface area contributed by atoms with E-state index in [9.17, 15) is 8.42 Å². The summed E-state index contributed by atoms with van der Waals surface area (Å²) in [5, 5.41) is 0. The molecule has 1 atom stereocenters. The predicted octanol–water partition coefficient (Wildman–Crippen LogP) is 1.99. The van der Waals surface area contributed by atoms with E-state index in [1.54, 1.807) is 11.2 Å². The lowest BCUT2D eigenvalue weighted by Gasteiger charge is -2.28. The van der Waals surface area contributed by atoms with Crippen LogP contribution in [0.2, 0.25) is 0 Å².